The second-order valence-corrected chi connectivity index (χ2v) is 8.53. The lowest BCUT2D eigenvalue weighted by Gasteiger charge is -2.40. The molecule has 0 bridgehead atoms. The molecule has 0 radical (unpaired) electrons. The molecule has 148 valence electrons. The average Bonchev–Trinajstić information content (AvgIpc) is 2.68. The van der Waals surface area contributed by atoms with Gasteiger partial charge in [0, 0.05) is 23.4 Å². The van der Waals surface area contributed by atoms with Gasteiger partial charge in [-0.3, -0.25) is 4.79 Å². The van der Waals surface area contributed by atoms with Crippen LogP contribution in [0.2, 0.25) is 0 Å². The summed E-state index contributed by atoms with van der Waals surface area (Å²) in [5.74, 6) is 0.507. The summed E-state index contributed by atoms with van der Waals surface area (Å²) < 4.78 is 7.98. The first-order valence-electron chi connectivity index (χ1n) is 9.74. The highest BCUT2D eigenvalue weighted by Gasteiger charge is 2.43. The van der Waals surface area contributed by atoms with Crippen molar-refractivity contribution in [1.29, 1.82) is 0 Å². The van der Waals surface area contributed by atoms with E-state index in [1.165, 1.54) is 0 Å². The molecule has 0 spiro atoms. The SMILES string of the molecule is Cc1cc2c(c3c1c(=O)c1cc4ccccc4cc1n3C)[C@H](O)[C@H](O)C(C)(C)O2. The van der Waals surface area contributed by atoms with Crippen LogP contribution in [0.1, 0.15) is 31.1 Å². The van der Waals surface area contributed by atoms with E-state index in [4.69, 9.17) is 4.74 Å². The first-order valence-corrected chi connectivity index (χ1v) is 9.74. The van der Waals surface area contributed by atoms with Crippen molar-refractivity contribution < 1.29 is 14.9 Å². The summed E-state index contributed by atoms with van der Waals surface area (Å²) in [4.78, 5) is 13.5. The van der Waals surface area contributed by atoms with Gasteiger partial charge in [-0.1, -0.05) is 24.3 Å². The predicted octanol–water partition coefficient (Wildman–Crippen LogP) is 3.72. The van der Waals surface area contributed by atoms with Crippen LogP contribution in [0.15, 0.2) is 47.3 Å². The van der Waals surface area contributed by atoms with Crippen molar-refractivity contribution in [3.8, 4) is 5.75 Å². The van der Waals surface area contributed by atoms with Crippen LogP contribution >= 0.6 is 0 Å². The van der Waals surface area contributed by atoms with Gasteiger partial charge in [0.2, 0.25) is 0 Å². The quantitative estimate of drug-likeness (QED) is 0.450. The van der Waals surface area contributed by atoms with E-state index in [1.807, 2.05) is 54.9 Å². The van der Waals surface area contributed by atoms with Crippen molar-refractivity contribution in [3.63, 3.8) is 0 Å². The molecule has 4 aromatic rings. The highest BCUT2D eigenvalue weighted by Crippen LogP contribution is 2.44. The van der Waals surface area contributed by atoms with Crippen molar-refractivity contribution in [1.82, 2.24) is 4.57 Å². The first kappa shape index (κ1) is 18.2. The maximum Gasteiger partial charge on any atom is 0.197 e. The van der Waals surface area contributed by atoms with E-state index in [-0.39, 0.29) is 5.43 Å². The number of aliphatic hydroxyl groups excluding tert-OH is 2. The van der Waals surface area contributed by atoms with E-state index >= 15 is 0 Å². The fourth-order valence-corrected chi connectivity index (χ4v) is 4.61. The molecule has 2 heterocycles. The predicted molar refractivity (Wildman–Crippen MR) is 115 cm³/mol. The molecule has 1 aliphatic rings. The summed E-state index contributed by atoms with van der Waals surface area (Å²) in [7, 11) is 1.89. The third-order valence-electron chi connectivity index (χ3n) is 6.21. The largest absolute Gasteiger partial charge is 0.485 e. The van der Waals surface area contributed by atoms with Gasteiger partial charge >= 0.3 is 0 Å². The summed E-state index contributed by atoms with van der Waals surface area (Å²) in [6.07, 6.45) is -2.26. The Hall–Kier alpha value is -2.89. The molecule has 1 aromatic heterocycles. The molecule has 0 fully saturated rings. The standard InChI is InChI=1S/C24H23NO4/c1-12-9-17-19(22(27)23(28)24(2,3)29-17)20-18(12)21(26)15-10-13-7-5-6-8-14(13)11-16(15)25(20)4/h5-11,22-23,27-28H,1-4H3/t22-,23-/m0/s1. The Bertz CT molecular complexity index is 1380. The molecule has 5 heteroatoms. The van der Waals surface area contributed by atoms with Gasteiger partial charge in [-0.05, 0) is 55.3 Å². The van der Waals surface area contributed by atoms with Gasteiger partial charge < -0.3 is 19.5 Å². The van der Waals surface area contributed by atoms with Crippen LogP contribution in [-0.2, 0) is 7.05 Å². The van der Waals surface area contributed by atoms with Crippen LogP contribution < -0.4 is 10.2 Å². The van der Waals surface area contributed by atoms with E-state index in [0.29, 0.717) is 27.6 Å². The Morgan fingerprint density at radius 3 is 2.41 bits per heavy atom. The van der Waals surface area contributed by atoms with E-state index in [0.717, 1.165) is 21.9 Å². The normalized spacial score (nSPS) is 20.8. The first-order chi connectivity index (χ1) is 13.7. The third-order valence-corrected chi connectivity index (χ3v) is 6.21. The summed E-state index contributed by atoms with van der Waals surface area (Å²) in [5, 5.41) is 24.8. The van der Waals surface area contributed by atoms with Crippen molar-refractivity contribution in [3.05, 3.63) is 63.8 Å². The number of rotatable bonds is 0. The lowest BCUT2D eigenvalue weighted by atomic mass is 9.86. The van der Waals surface area contributed by atoms with Crippen LogP contribution in [0.4, 0.5) is 0 Å². The molecule has 0 saturated heterocycles. The number of aromatic nitrogens is 1. The summed E-state index contributed by atoms with van der Waals surface area (Å²) >= 11 is 0. The van der Waals surface area contributed by atoms with Gasteiger partial charge in [0.15, 0.2) is 5.43 Å². The van der Waals surface area contributed by atoms with Gasteiger partial charge in [0.1, 0.15) is 23.6 Å². The molecule has 0 aliphatic carbocycles. The lowest BCUT2D eigenvalue weighted by Crippen LogP contribution is -2.49. The Kier molecular flexibility index (Phi) is 3.64. The van der Waals surface area contributed by atoms with Gasteiger partial charge in [-0.2, -0.15) is 0 Å². The molecule has 1 aliphatic heterocycles. The second-order valence-electron chi connectivity index (χ2n) is 8.53. The number of aryl methyl sites for hydroxylation is 2. The topological polar surface area (TPSA) is 71.7 Å². The molecular weight excluding hydrogens is 366 g/mol. The van der Waals surface area contributed by atoms with Gasteiger partial charge in [-0.15, -0.1) is 0 Å². The Labute approximate surface area is 167 Å². The van der Waals surface area contributed by atoms with Crippen molar-refractivity contribution in [2.45, 2.75) is 38.6 Å². The van der Waals surface area contributed by atoms with E-state index < -0.39 is 17.8 Å². The highest BCUT2D eigenvalue weighted by molar-refractivity contribution is 6.03. The monoisotopic (exact) mass is 389 g/mol. The Balaban J connectivity index is 2.00. The number of benzene rings is 3. The average molecular weight is 389 g/mol. The highest BCUT2D eigenvalue weighted by atomic mass is 16.5. The van der Waals surface area contributed by atoms with Gasteiger partial charge in [0.05, 0.1) is 11.0 Å². The van der Waals surface area contributed by atoms with E-state index in [2.05, 4.69) is 0 Å². The van der Waals surface area contributed by atoms with E-state index in [9.17, 15) is 15.0 Å². The van der Waals surface area contributed by atoms with Crippen LogP contribution in [-0.4, -0.2) is 26.5 Å². The fourth-order valence-electron chi connectivity index (χ4n) is 4.61. The molecule has 5 rings (SSSR count). The molecule has 3 aromatic carbocycles. The molecule has 5 nitrogen and oxygen atoms in total. The van der Waals surface area contributed by atoms with Crippen LogP contribution in [0.25, 0.3) is 32.6 Å². The zero-order valence-corrected chi connectivity index (χ0v) is 16.9. The van der Waals surface area contributed by atoms with Crippen LogP contribution in [0, 0.1) is 6.92 Å². The second kappa shape index (κ2) is 5.81. The number of fused-ring (bicyclic) bond motifs is 5. The molecule has 0 unspecified atom stereocenters. The maximum absolute atomic E-state index is 13.5. The third kappa shape index (κ3) is 2.38. The number of hydrogen-bond donors (Lipinski definition) is 2. The number of hydrogen-bond acceptors (Lipinski definition) is 4. The number of ether oxygens (including phenoxy) is 1. The molecular formula is C24H23NO4. The zero-order chi connectivity index (χ0) is 20.7. The summed E-state index contributed by atoms with van der Waals surface area (Å²) in [6.45, 7) is 5.37. The zero-order valence-electron chi connectivity index (χ0n) is 16.9. The fraction of sp³-hybridized carbons (Fsp3) is 0.292. The number of nitrogens with zero attached hydrogens (tertiary/aromatic N) is 1. The number of pyridine rings is 1. The van der Waals surface area contributed by atoms with Crippen LogP contribution in [0.5, 0.6) is 5.75 Å². The Morgan fingerprint density at radius 2 is 1.72 bits per heavy atom. The van der Waals surface area contributed by atoms with Crippen LogP contribution in [0.3, 0.4) is 0 Å². The number of aliphatic hydroxyl groups is 2. The van der Waals surface area contributed by atoms with Gasteiger partial charge in [0.25, 0.3) is 0 Å². The molecule has 29 heavy (non-hydrogen) atoms. The minimum absolute atomic E-state index is 0.0781. The lowest BCUT2D eigenvalue weighted by molar-refractivity contribution is -0.111. The molecule has 2 atom stereocenters. The Morgan fingerprint density at radius 1 is 1.07 bits per heavy atom. The molecule has 2 N–H and O–H groups in total. The van der Waals surface area contributed by atoms with Crippen molar-refractivity contribution in [2.75, 3.05) is 0 Å². The minimum atomic E-state index is -1.15. The van der Waals surface area contributed by atoms with E-state index in [1.54, 1.807) is 19.9 Å². The van der Waals surface area contributed by atoms with Gasteiger partial charge in [-0.25, -0.2) is 0 Å². The molecule has 0 amide bonds. The maximum atomic E-state index is 13.5. The summed E-state index contributed by atoms with van der Waals surface area (Å²) in [6, 6.07) is 13.6. The van der Waals surface area contributed by atoms with Crippen molar-refractivity contribution in [2.24, 2.45) is 7.05 Å². The minimum Gasteiger partial charge on any atom is -0.485 e. The summed E-state index contributed by atoms with van der Waals surface area (Å²) in [5.41, 5.74) is 1.63. The molecule has 0 saturated carbocycles. The smallest absolute Gasteiger partial charge is 0.197 e. The van der Waals surface area contributed by atoms with Crippen molar-refractivity contribution >= 4 is 32.6 Å².